The molecule has 0 fully saturated rings. The largest absolute Gasteiger partial charge is 0.480 e. The molecule has 4 nitrogen and oxygen atoms in total. The van der Waals surface area contributed by atoms with E-state index in [9.17, 15) is 9.59 Å². The zero-order valence-corrected chi connectivity index (χ0v) is 28.1. The van der Waals surface area contributed by atoms with Crippen LogP contribution >= 0.6 is 34.8 Å². The lowest BCUT2D eigenvalue weighted by Gasteiger charge is -2.37. The number of carbonyl (C=O) groups excluding carboxylic acids is 2. The first kappa shape index (κ1) is 34.7. The Morgan fingerprint density at radius 1 is 0.884 bits per heavy atom. The Labute approximate surface area is 271 Å². The van der Waals surface area contributed by atoms with Gasteiger partial charge in [-0.15, -0.1) is 0 Å². The van der Waals surface area contributed by atoms with Crippen molar-refractivity contribution in [2.24, 2.45) is 0 Å². The lowest BCUT2D eigenvalue weighted by Crippen LogP contribution is -2.37. The lowest BCUT2D eigenvalue weighted by atomic mass is 9.69. The maximum atomic E-state index is 12.3. The molecule has 0 spiro atoms. The summed E-state index contributed by atoms with van der Waals surface area (Å²) in [4.78, 5) is 24.1. The standard InChI is InChI=1S/C36H42Cl3NO3/c1-7-10-23(4)17-32(31-19-27(38)14-16-34(31)43-36(8-2,9-3)21-41)35(25(6)30-18-26(37)12-11-24(30)5)29-15-13-28(39)20-33(29)40-22-42/h10-16,18-22,25,32,35H,7-9,17H2,1-6H3,(H,40,42). The van der Waals surface area contributed by atoms with Crippen molar-refractivity contribution in [1.82, 2.24) is 0 Å². The van der Waals surface area contributed by atoms with Gasteiger partial charge in [-0.1, -0.05) is 86.3 Å². The van der Waals surface area contributed by atoms with Crippen molar-refractivity contribution < 1.29 is 14.3 Å². The van der Waals surface area contributed by atoms with Crippen LogP contribution in [0.4, 0.5) is 5.69 Å². The summed E-state index contributed by atoms with van der Waals surface area (Å²) in [6, 6.07) is 17.2. The minimum Gasteiger partial charge on any atom is -0.480 e. The fourth-order valence-corrected chi connectivity index (χ4v) is 6.59. The summed E-state index contributed by atoms with van der Waals surface area (Å²) in [5, 5.41) is 4.64. The summed E-state index contributed by atoms with van der Waals surface area (Å²) in [5.74, 6) is 0.197. The first-order chi connectivity index (χ1) is 20.5. The number of ether oxygens (including phenoxy) is 1. The van der Waals surface area contributed by atoms with Crippen molar-refractivity contribution in [2.45, 2.75) is 90.6 Å². The molecule has 0 aromatic heterocycles. The first-order valence-corrected chi connectivity index (χ1v) is 16.0. The smallest absolute Gasteiger partial charge is 0.211 e. The molecule has 0 aliphatic heterocycles. The van der Waals surface area contributed by atoms with Gasteiger partial charge >= 0.3 is 0 Å². The van der Waals surface area contributed by atoms with E-state index in [0.717, 1.165) is 35.0 Å². The predicted octanol–water partition coefficient (Wildman–Crippen LogP) is 11.1. The Hall–Kier alpha value is -2.79. The van der Waals surface area contributed by atoms with Crippen LogP contribution in [0.15, 0.2) is 66.2 Å². The van der Waals surface area contributed by atoms with Gasteiger partial charge in [0, 0.05) is 20.8 Å². The number of carbonyl (C=O) groups is 2. The second-order valence-corrected chi connectivity index (χ2v) is 12.6. The van der Waals surface area contributed by atoms with Gasteiger partial charge in [0.2, 0.25) is 6.41 Å². The van der Waals surface area contributed by atoms with Crippen LogP contribution in [0.5, 0.6) is 5.75 Å². The second-order valence-electron chi connectivity index (χ2n) is 11.3. The van der Waals surface area contributed by atoms with Gasteiger partial charge in [-0.25, -0.2) is 0 Å². The van der Waals surface area contributed by atoms with Crippen LogP contribution in [-0.4, -0.2) is 18.3 Å². The average Bonchev–Trinajstić information content (AvgIpc) is 2.98. The van der Waals surface area contributed by atoms with E-state index in [1.165, 1.54) is 5.57 Å². The van der Waals surface area contributed by atoms with Crippen LogP contribution < -0.4 is 10.1 Å². The Morgan fingerprint density at radius 2 is 1.49 bits per heavy atom. The van der Waals surface area contributed by atoms with E-state index in [0.29, 0.717) is 52.2 Å². The summed E-state index contributed by atoms with van der Waals surface area (Å²) >= 11 is 19.7. The number of anilines is 1. The van der Waals surface area contributed by atoms with E-state index in [2.05, 4.69) is 39.1 Å². The van der Waals surface area contributed by atoms with Gasteiger partial charge in [-0.05, 0) is 122 Å². The molecule has 7 heteroatoms. The molecule has 3 aromatic carbocycles. The van der Waals surface area contributed by atoms with Crippen LogP contribution in [0.25, 0.3) is 0 Å². The van der Waals surface area contributed by atoms with E-state index in [1.54, 1.807) is 12.1 Å². The fourth-order valence-electron chi connectivity index (χ4n) is 6.05. The Bertz CT molecular complexity index is 1450. The number of hydrogen-bond acceptors (Lipinski definition) is 3. The third-order valence-corrected chi connectivity index (χ3v) is 9.19. The molecule has 230 valence electrons. The van der Waals surface area contributed by atoms with E-state index in [4.69, 9.17) is 39.5 Å². The van der Waals surface area contributed by atoms with Crippen molar-refractivity contribution in [1.29, 1.82) is 0 Å². The minimum atomic E-state index is -0.962. The van der Waals surface area contributed by atoms with Crippen molar-refractivity contribution in [3.63, 3.8) is 0 Å². The van der Waals surface area contributed by atoms with E-state index in [1.807, 2.05) is 56.3 Å². The SMILES string of the molecule is CCC=C(C)CC(c1cc(Cl)ccc1OC(C=O)(CC)CC)C(c1ccc(Cl)cc1NC=O)C(C)c1cc(Cl)ccc1C. The molecule has 0 heterocycles. The number of hydrogen-bond donors (Lipinski definition) is 1. The quantitative estimate of drug-likeness (QED) is 0.133. The van der Waals surface area contributed by atoms with Gasteiger partial charge in [0.25, 0.3) is 0 Å². The Balaban J connectivity index is 2.42. The number of allylic oxidation sites excluding steroid dienone is 2. The van der Waals surface area contributed by atoms with Crippen molar-refractivity contribution >= 4 is 53.2 Å². The molecular weight excluding hydrogens is 601 g/mol. The lowest BCUT2D eigenvalue weighted by molar-refractivity contribution is -0.122. The molecule has 3 rings (SSSR count). The molecule has 1 amide bonds. The monoisotopic (exact) mass is 641 g/mol. The predicted molar refractivity (Wildman–Crippen MR) is 181 cm³/mol. The molecule has 0 saturated heterocycles. The molecule has 0 aliphatic carbocycles. The molecule has 1 N–H and O–H groups in total. The number of rotatable bonds is 15. The molecule has 43 heavy (non-hydrogen) atoms. The second kappa shape index (κ2) is 15.8. The maximum absolute atomic E-state index is 12.3. The van der Waals surface area contributed by atoms with Crippen LogP contribution in [0.1, 0.15) is 100 Å². The highest BCUT2D eigenvalue weighted by atomic mass is 35.5. The molecule has 0 aliphatic rings. The minimum absolute atomic E-state index is 0.0634. The summed E-state index contributed by atoms with van der Waals surface area (Å²) in [7, 11) is 0. The van der Waals surface area contributed by atoms with Crippen molar-refractivity contribution in [2.75, 3.05) is 5.32 Å². The molecule has 3 atom stereocenters. The number of aldehydes is 1. The maximum Gasteiger partial charge on any atom is 0.211 e. The highest BCUT2D eigenvalue weighted by Crippen LogP contribution is 2.52. The van der Waals surface area contributed by atoms with E-state index >= 15 is 0 Å². The average molecular weight is 643 g/mol. The molecule has 0 radical (unpaired) electrons. The van der Waals surface area contributed by atoms with Crippen LogP contribution in [-0.2, 0) is 9.59 Å². The molecule has 0 bridgehead atoms. The first-order valence-electron chi connectivity index (χ1n) is 14.9. The van der Waals surface area contributed by atoms with E-state index < -0.39 is 5.60 Å². The highest BCUT2D eigenvalue weighted by Gasteiger charge is 2.37. The topological polar surface area (TPSA) is 55.4 Å². The van der Waals surface area contributed by atoms with Crippen LogP contribution in [0, 0.1) is 6.92 Å². The van der Waals surface area contributed by atoms with Gasteiger partial charge in [0.1, 0.15) is 5.75 Å². The number of benzene rings is 3. The third kappa shape index (κ3) is 8.44. The van der Waals surface area contributed by atoms with Gasteiger partial charge in [0.05, 0.1) is 0 Å². The van der Waals surface area contributed by atoms with Crippen molar-refractivity contribution in [3.8, 4) is 5.75 Å². The summed E-state index contributed by atoms with van der Waals surface area (Å²) in [6.45, 7) is 12.4. The van der Waals surface area contributed by atoms with Crippen molar-refractivity contribution in [3.05, 3.63) is 104 Å². The molecule has 0 saturated carbocycles. The number of halogens is 3. The molecular formula is C36H42Cl3NO3. The summed E-state index contributed by atoms with van der Waals surface area (Å²) in [5.41, 5.74) is 4.92. The van der Waals surface area contributed by atoms with Gasteiger partial charge in [-0.3, -0.25) is 9.59 Å². The normalized spacial score (nSPS) is 14.1. The zero-order valence-electron chi connectivity index (χ0n) is 25.8. The van der Waals surface area contributed by atoms with Crippen LogP contribution in [0.3, 0.4) is 0 Å². The number of aryl methyl sites for hydroxylation is 1. The number of amides is 1. The van der Waals surface area contributed by atoms with E-state index in [-0.39, 0.29) is 17.8 Å². The summed E-state index contributed by atoms with van der Waals surface area (Å²) < 4.78 is 6.61. The van der Waals surface area contributed by atoms with Crippen LogP contribution in [0.2, 0.25) is 15.1 Å². The zero-order chi connectivity index (χ0) is 31.7. The fraction of sp³-hybridized carbons (Fsp3) is 0.389. The highest BCUT2D eigenvalue weighted by molar-refractivity contribution is 6.31. The third-order valence-electron chi connectivity index (χ3n) is 8.48. The van der Waals surface area contributed by atoms with Gasteiger partial charge < -0.3 is 10.1 Å². The number of nitrogens with one attached hydrogen (secondary N) is 1. The molecule has 3 unspecified atom stereocenters. The van der Waals surface area contributed by atoms with Gasteiger partial charge in [0.15, 0.2) is 11.9 Å². The Morgan fingerprint density at radius 3 is 2.09 bits per heavy atom. The Kier molecular flexibility index (Phi) is 12.7. The van der Waals surface area contributed by atoms with Gasteiger partial charge in [-0.2, -0.15) is 0 Å². The summed E-state index contributed by atoms with van der Waals surface area (Å²) in [6.07, 6.45) is 6.45. The molecule has 3 aromatic rings.